The number of halogens is 1. The van der Waals surface area contributed by atoms with E-state index in [9.17, 15) is 4.79 Å². The Balaban J connectivity index is 1.67. The van der Waals surface area contributed by atoms with Crippen molar-refractivity contribution in [2.45, 2.75) is 19.4 Å². The fraction of sp³-hybridized carbons (Fsp3) is 0.278. The molecule has 3 aromatic rings. The highest BCUT2D eigenvalue weighted by Gasteiger charge is 2.30. The molecule has 0 saturated carbocycles. The van der Waals surface area contributed by atoms with Gasteiger partial charge in [-0.25, -0.2) is 9.50 Å². The zero-order chi connectivity index (χ0) is 17.6. The molecular formula is C18H17ClN4O2. The molecule has 7 heteroatoms. The lowest BCUT2D eigenvalue weighted by Gasteiger charge is -2.35. The normalized spacial score (nSPS) is 16.8. The van der Waals surface area contributed by atoms with E-state index in [0.29, 0.717) is 22.9 Å². The first-order valence-corrected chi connectivity index (χ1v) is 8.43. The minimum Gasteiger partial charge on any atom is -0.497 e. The molecular weight excluding hydrogens is 340 g/mol. The lowest BCUT2D eigenvalue weighted by Crippen LogP contribution is -2.39. The van der Waals surface area contributed by atoms with Crippen molar-refractivity contribution in [3.8, 4) is 5.75 Å². The molecule has 0 saturated heterocycles. The van der Waals surface area contributed by atoms with Crippen LogP contribution in [-0.4, -0.2) is 39.1 Å². The number of hydrogen-bond acceptors (Lipinski definition) is 4. The highest BCUT2D eigenvalue weighted by atomic mass is 35.5. The Kier molecular flexibility index (Phi) is 3.84. The molecule has 0 radical (unpaired) electrons. The van der Waals surface area contributed by atoms with Crippen LogP contribution < -0.4 is 4.74 Å². The van der Waals surface area contributed by atoms with Crippen LogP contribution in [-0.2, 0) is 6.42 Å². The van der Waals surface area contributed by atoms with Gasteiger partial charge in [-0.3, -0.25) is 4.79 Å². The van der Waals surface area contributed by atoms with Crippen LogP contribution in [0.2, 0.25) is 5.02 Å². The van der Waals surface area contributed by atoms with Crippen molar-refractivity contribution in [2.24, 2.45) is 0 Å². The van der Waals surface area contributed by atoms with Gasteiger partial charge in [0.1, 0.15) is 5.75 Å². The minimum atomic E-state index is -0.109. The van der Waals surface area contributed by atoms with Gasteiger partial charge < -0.3 is 9.64 Å². The second-order valence-corrected chi connectivity index (χ2v) is 6.53. The van der Waals surface area contributed by atoms with E-state index >= 15 is 0 Å². The number of hydrogen-bond donors (Lipinski definition) is 0. The van der Waals surface area contributed by atoms with Gasteiger partial charge in [0.25, 0.3) is 5.91 Å². The molecule has 0 N–H and O–H groups in total. The number of carbonyl (C=O) groups is 1. The van der Waals surface area contributed by atoms with E-state index < -0.39 is 0 Å². The Labute approximate surface area is 150 Å². The lowest BCUT2D eigenvalue weighted by molar-refractivity contribution is 0.0671. The number of benzene rings is 1. The van der Waals surface area contributed by atoms with Crippen molar-refractivity contribution >= 4 is 23.2 Å². The Morgan fingerprint density at radius 1 is 1.36 bits per heavy atom. The second-order valence-electron chi connectivity index (χ2n) is 6.09. The molecule has 2 aromatic heterocycles. The van der Waals surface area contributed by atoms with Crippen molar-refractivity contribution in [2.75, 3.05) is 13.7 Å². The zero-order valence-electron chi connectivity index (χ0n) is 13.9. The number of rotatable bonds is 2. The first-order chi connectivity index (χ1) is 12.1. The lowest BCUT2D eigenvalue weighted by atomic mass is 9.93. The van der Waals surface area contributed by atoms with Gasteiger partial charge in [-0.05, 0) is 36.6 Å². The number of nitrogens with zero attached hydrogens (tertiary/aromatic N) is 4. The average Bonchev–Trinajstić information content (AvgIpc) is 3.04. The van der Waals surface area contributed by atoms with Gasteiger partial charge in [0, 0.05) is 18.8 Å². The maximum absolute atomic E-state index is 13.0. The largest absolute Gasteiger partial charge is 0.497 e. The summed E-state index contributed by atoms with van der Waals surface area (Å²) < 4.78 is 6.85. The second kappa shape index (κ2) is 6.04. The monoisotopic (exact) mass is 356 g/mol. The maximum Gasteiger partial charge on any atom is 0.274 e. The summed E-state index contributed by atoms with van der Waals surface area (Å²) in [4.78, 5) is 19.0. The number of aromatic nitrogens is 3. The van der Waals surface area contributed by atoms with Crippen LogP contribution in [0, 0.1) is 0 Å². The number of methoxy groups -OCH3 is 1. The van der Waals surface area contributed by atoms with Crippen LogP contribution in [0.5, 0.6) is 5.75 Å². The molecule has 25 heavy (non-hydrogen) atoms. The van der Waals surface area contributed by atoms with Crippen molar-refractivity contribution in [3.63, 3.8) is 0 Å². The molecule has 1 atom stereocenters. The van der Waals surface area contributed by atoms with Crippen LogP contribution in [0.3, 0.4) is 0 Å². The zero-order valence-corrected chi connectivity index (χ0v) is 14.7. The van der Waals surface area contributed by atoms with E-state index in [1.807, 2.05) is 24.0 Å². The third-order valence-corrected chi connectivity index (χ3v) is 4.85. The van der Waals surface area contributed by atoms with Gasteiger partial charge in [-0.2, -0.15) is 5.10 Å². The predicted octanol–water partition coefficient (Wildman–Crippen LogP) is 3.15. The topological polar surface area (TPSA) is 59.7 Å². The first-order valence-electron chi connectivity index (χ1n) is 8.05. The van der Waals surface area contributed by atoms with Gasteiger partial charge in [0.2, 0.25) is 0 Å². The summed E-state index contributed by atoms with van der Waals surface area (Å²) in [6, 6.07) is 7.67. The van der Waals surface area contributed by atoms with Crippen molar-refractivity contribution in [3.05, 3.63) is 58.5 Å². The molecule has 0 spiro atoms. The van der Waals surface area contributed by atoms with Gasteiger partial charge in [-0.1, -0.05) is 17.7 Å². The third-order valence-electron chi connectivity index (χ3n) is 4.65. The van der Waals surface area contributed by atoms with Crippen molar-refractivity contribution < 1.29 is 9.53 Å². The van der Waals surface area contributed by atoms with Crippen LogP contribution in [0.4, 0.5) is 0 Å². The molecule has 0 bridgehead atoms. The van der Waals surface area contributed by atoms with E-state index in [2.05, 4.69) is 16.1 Å². The van der Waals surface area contributed by atoms with E-state index in [0.717, 1.165) is 17.7 Å². The standard InChI is InChI=1S/C18H17ClN4O2/c1-11-15-7-14(25-2)4-3-12(15)5-6-22(11)18(24)16-8-17-20-9-13(19)10-23(17)21-16/h3-4,7-11H,5-6H2,1-2H3. The summed E-state index contributed by atoms with van der Waals surface area (Å²) in [5.41, 5.74) is 3.33. The molecule has 6 nitrogen and oxygen atoms in total. The third kappa shape index (κ3) is 2.72. The fourth-order valence-electron chi connectivity index (χ4n) is 3.30. The molecule has 1 aliphatic rings. The summed E-state index contributed by atoms with van der Waals surface area (Å²) in [5.74, 6) is 0.689. The van der Waals surface area contributed by atoms with Crippen LogP contribution in [0.1, 0.15) is 34.6 Å². The molecule has 1 aromatic carbocycles. The Bertz CT molecular complexity index is 969. The van der Waals surface area contributed by atoms with Crippen LogP contribution in [0.25, 0.3) is 5.65 Å². The fourth-order valence-corrected chi connectivity index (χ4v) is 3.44. The van der Waals surface area contributed by atoms with E-state index in [4.69, 9.17) is 16.3 Å². The van der Waals surface area contributed by atoms with E-state index in [-0.39, 0.29) is 11.9 Å². The smallest absolute Gasteiger partial charge is 0.274 e. The van der Waals surface area contributed by atoms with Gasteiger partial charge in [-0.15, -0.1) is 0 Å². The molecule has 4 rings (SSSR count). The van der Waals surface area contributed by atoms with Crippen molar-refractivity contribution in [1.29, 1.82) is 0 Å². The number of amides is 1. The number of carbonyl (C=O) groups excluding carboxylic acids is 1. The predicted molar refractivity (Wildman–Crippen MR) is 94.1 cm³/mol. The summed E-state index contributed by atoms with van der Waals surface area (Å²) in [7, 11) is 1.65. The minimum absolute atomic E-state index is 0.0484. The van der Waals surface area contributed by atoms with Gasteiger partial charge in [0.15, 0.2) is 11.3 Å². The summed E-state index contributed by atoms with van der Waals surface area (Å²) >= 11 is 5.93. The van der Waals surface area contributed by atoms with E-state index in [1.165, 1.54) is 10.1 Å². The summed E-state index contributed by atoms with van der Waals surface area (Å²) in [6.07, 6.45) is 3.99. The molecule has 128 valence electrons. The maximum atomic E-state index is 13.0. The SMILES string of the molecule is COc1ccc2c(c1)C(C)N(C(=O)c1cc3ncc(Cl)cn3n1)CC2. The summed E-state index contributed by atoms with van der Waals surface area (Å²) in [6.45, 7) is 2.68. The Hall–Kier alpha value is -2.60. The highest BCUT2D eigenvalue weighted by Crippen LogP contribution is 2.33. The van der Waals surface area contributed by atoms with Gasteiger partial charge >= 0.3 is 0 Å². The van der Waals surface area contributed by atoms with Crippen LogP contribution in [0.15, 0.2) is 36.7 Å². The molecule has 3 heterocycles. The highest BCUT2D eigenvalue weighted by molar-refractivity contribution is 6.30. The van der Waals surface area contributed by atoms with Crippen LogP contribution >= 0.6 is 11.6 Å². The van der Waals surface area contributed by atoms with Crippen molar-refractivity contribution in [1.82, 2.24) is 19.5 Å². The van der Waals surface area contributed by atoms with E-state index in [1.54, 1.807) is 25.6 Å². The molecule has 0 aliphatic carbocycles. The Morgan fingerprint density at radius 3 is 3.00 bits per heavy atom. The average molecular weight is 357 g/mol. The quantitative estimate of drug-likeness (QED) is 0.707. The first kappa shape index (κ1) is 15.9. The number of fused-ring (bicyclic) bond motifs is 2. The molecule has 1 aliphatic heterocycles. The molecule has 1 unspecified atom stereocenters. The number of ether oxygens (including phenoxy) is 1. The summed E-state index contributed by atoms with van der Waals surface area (Å²) in [5, 5.41) is 4.80. The molecule has 0 fully saturated rings. The Morgan fingerprint density at radius 2 is 2.20 bits per heavy atom. The van der Waals surface area contributed by atoms with Gasteiger partial charge in [0.05, 0.1) is 24.4 Å². The molecule has 1 amide bonds.